The van der Waals surface area contributed by atoms with Crippen molar-refractivity contribution < 1.29 is 22.7 Å². The van der Waals surface area contributed by atoms with Gasteiger partial charge in [0.2, 0.25) is 0 Å². The molecule has 154 valence electrons. The third-order valence-corrected chi connectivity index (χ3v) is 6.50. The van der Waals surface area contributed by atoms with Gasteiger partial charge in [-0.15, -0.1) is 0 Å². The molecule has 1 N–H and O–H groups in total. The minimum absolute atomic E-state index is 0.194. The molecule has 4 rings (SSSR count). The second kappa shape index (κ2) is 7.25. The van der Waals surface area contributed by atoms with Crippen molar-refractivity contribution in [1.82, 2.24) is 4.57 Å². The van der Waals surface area contributed by atoms with E-state index < -0.39 is 15.8 Å². The van der Waals surface area contributed by atoms with Crippen molar-refractivity contribution in [3.05, 3.63) is 77.2 Å². The van der Waals surface area contributed by atoms with E-state index in [2.05, 4.69) is 0 Å². The van der Waals surface area contributed by atoms with Crippen LogP contribution in [-0.2, 0) is 27.6 Å². The summed E-state index contributed by atoms with van der Waals surface area (Å²) in [6, 6.07) is 15.1. The van der Waals surface area contributed by atoms with Crippen LogP contribution in [-0.4, -0.2) is 30.3 Å². The highest BCUT2D eigenvalue weighted by molar-refractivity contribution is 7.90. The molecule has 0 aliphatic rings. The van der Waals surface area contributed by atoms with E-state index in [1.54, 1.807) is 28.8 Å². The first-order valence-corrected chi connectivity index (χ1v) is 11.2. The van der Waals surface area contributed by atoms with Gasteiger partial charge in [-0.25, -0.2) is 12.8 Å². The molecule has 0 fully saturated rings. The van der Waals surface area contributed by atoms with Crippen LogP contribution in [0.1, 0.15) is 16.8 Å². The van der Waals surface area contributed by atoms with Gasteiger partial charge in [0, 0.05) is 22.9 Å². The monoisotopic (exact) mass is 425 g/mol. The minimum Gasteiger partial charge on any atom is -0.480 e. The van der Waals surface area contributed by atoms with E-state index in [9.17, 15) is 22.7 Å². The van der Waals surface area contributed by atoms with Crippen LogP contribution in [0.3, 0.4) is 0 Å². The van der Waals surface area contributed by atoms with Gasteiger partial charge in [-0.05, 0) is 65.6 Å². The summed E-state index contributed by atoms with van der Waals surface area (Å²) in [5, 5.41) is 11.7. The van der Waals surface area contributed by atoms with Gasteiger partial charge in [-0.3, -0.25) is 4.79 Å². The summed E-state index contributed by atoms with van der Waals surface area (Å²) in [6.07, 6.45) is 1.68. The van der Waals surface area contributed by atoms with Crippen molar-refractivity contribution in [2.45, 2.75) is 24.8 Å². The Morgan fingerprint density at radius 2 is 1.73 bits per heavy atom. The van der Waals surface area contributed by atoms with Gasteiger partial charge in [0.1, 0.15) is 12.4 Å². The standard InChI is InChI=1S/C23H20FNO4S/c1-14-20(21-12-18(24)6-8-22(21)25(14)13-23(26)27)10-15-3-4-17-11-19(30(2,28)29)7-5-16(17)9-15/h3-9,11-12H,10,13H2,1-2H3,(H,26,27). The number of carboxylic acid groups (broad SMARTS) is 1. The molecule has 0 saturated heterocycles. The molecule has 0 amide bonds. The number of carboxylic acids is 1. The maximum atomic E-state index is 13.9. The van der Waals surface area contributed by atoms with E-state index >= 15 is 0 Å². The third-order valence-electron chi connectivity index (χ3n) is 5.39. The lowest BCUT2D eigenvalue weighted by atomic mass is 9.99. The topological polar surface area (TPSA) is 76.4 Å². The molecule has 4 aromatic rings. The van der Waals surface area contributed by atoms with E-state index in [4.69, 9.17) is 0 Å². The lowest BCUT2D eigenvalue weighted by Crippen LogP contribution is -2.10. The Bertz CT molecular complexity index is 1420. The molecular weight excluding hydrogens is 405 g/mol. The molecule has 5 nitrogen and oxygen atoms in total. The molecule has 0 aliphatic heterocycles. The van der Waals surface area contributed by atoms with Gasteiger partial charge < -0.3 is 9.67 Å². The predicted octanol–water partition coefficient (Wildman–Crippen LogP) is 4.32. The number of aromatic nitrogens is 1. The number of aliphatic carboxylic acids is 1. The maximum absolute atomic E-state index is 13.9. The molecule has 0 spiro atoms. The Morgan fingerprint density at radius 3 is 2.43 bits per heavy atom. The molecule has 0 aliphatic carbocycles. The van der Waals surface area contributed by atoms with Crippen LogP contribution in [0.25, 0.3) is 21.7 Å². The van der Waals surface area contributed by atoms with Gasteiger partial charge >= 0.3 is 5.97 Å². The van der Waals surface area contributed by atoms with Crippen LogP contribution in [0.4, 0.5) is 4.39 Å². The molecule has 0 radical (unpaired) electrons. The molecule has 0 unspecified atom stereocenters. The molecule has 0 bridgehead atoms. The van der Waals surface area contributed by atoms with Crippen LogP contribution in [0.15, 0.2) is 59.5 Å². The third kappa shape index (κ3) is 3.68. The van der Waals surface area contributed by atoms with Crippen LogP contribution in [0.2, 0.25) is 0 Å². The number of rotatable bonds is 5. The van der Waals surface area contributed by atoms with Gasteiger partial charge in [0.25, 0.3) is 0 Å². The lowest BCUT2D eigenvalue weighted by Gasteiger charge is -2.08. The molecular formula is C23H20FNO4S. The Hall–Kier alpha value is -3.19. The molecule has 3 aromatic carbocycles. The number of sulfone groups is 1. The first kappa shape index (κ1) is 20.1. The minimum atomic E-state index is -3.28. The SMILES string of the molecule is Cc1c(Cc2ccc3cc(S(C)(=O)=O)ccc3c2)c2cc(F)ccc2n1CC(=O)O. The predicted molar refractivity (Wildman–Crippen MR) is 114 cm³/mol. The number of carbonyl (C=O) groups is 1. The number of nitrogens with zero attached hydrogens (tertiary/aromatic N) is 1. The second-order valence-corrected chi connectivity index (χ2v) is 9.51. The average molecular weight is 425 g/mol. The van der Waals surface area contributed by atoms with Crippen molar-refractivity contribution in [2.75, 3.05) is 6.26 Å². The molecule has 1 heterocycles. The molecule has 0 atom stereocenters. The summed E-state index contributed by atoms with van der Waals surface area (Å²) >= 11 is 0. The zero-order valence-corrected chi connectivity index (χ0v) is 17.3. The normalized spacial score (nSPS) is 12.0. The smallest absolute Gasteiger partial charge is 0.323 e. The summed E-state index contributed by atoms with van der Waals surface area (Å²) in [5.41, 5.74) is 3.31. The number of halogens is 1. The first-order chi connectivity index (χ1) is 14.1. The van der Waals surface area contributed by atoms with E-state index in [-0.39, 0.29) is 17.3 Å². The van der Waals surface area contributed by atoms with Crippen LogP contribution >= 0.6 is 0 Å². The van der Waals surface area contributed by atoms with Crippen molar-refractivity contribution in [2.24, 2.45) is 0 Å². The lowest BCUT2D eigenvalue weighted by molar-refractivity contribution is -0.137. The zero-order valence-electron chi connectivity index (χ0n) is 16.5. The number of hydrogen-bond donors (Lipinski definition) is 1. The Kier molecular flexibility index (Phi) is 4.86. The molecule has 7 heteroatoms. The van der Waals surface area contributed by atoms with Crippen LogP contribution < -0.4 is 0 Å². The van der Waals surface area contributed by atoms with Crippen LogP contribution in [0.5, 0.6) is 0 Å². The van der Waals surface area contributed by atoms with E-state index in [0.717, 1.165) is 27.6 Å². The molecule has 1 aromatic heterocycles. The van der Waals surface area contributed by atoms with E-state index in [1.807, 2.05) is 25.1 Å². The van der Waals surface area contributed by atoms with E-state index in [0.29, 0.717) is 17.3 Å². The zero-order chi connectivity index (χ0) is 21.6. The second-order valence-electron chi connectivity index (χ2n) is 7.50. The Morgan fingerprint density at radius 1 is 1.03 bits per heavy atom. The number of fused-ring (bicyclic) bond motifs is 2. The van der Waals surface area contributed by atoms with Crippen molar-refractivity contribution >= 4 is 37.5 Å². The fourth-order valence-corrected chi connectivity index (χ4v) is 4.56. The maximum Gasteiger partial charge on any atom is 0.323 e. The quantitative estimate of drug-likeness (QED) is 0.517. The van der Waals surface area contributed by atoms with Gasteiger partial charge in [0.15, 0.2) is 9.84 Å². The van der Waals surface area contributed by atoms with Gasteiger partial charge in [-0.1, -0.05) is 24.3 Å². The van der Waals surface area contributed by atoms with Crippen molar-refractivity contribution in [1.29, 1.82) is 0 Å². The summed E-state index contributed by atoms with van der Waals surface area (Å²) in [5.74, 6) is -1.33. The molecule has 30 heavy (non-hydrogen) atoms. The van der Waals surface area contributed by atoms with E-state index in [1.165, 1.54) is 18.4 Å². The van der Waals surface area contributed by atoms with Crippen LogP contribution in [0, 0.1) is 12.7 Å². The molecule has 0 saturated carbocycles. The van der Waals surface area contributed by atoms with Gasteiger partial charge in [0.05, 0.1) is 4.90 Å². The first-order valence-electron chi connectivity index (χ1n) is 9.35. The number of hydrogen-bond acceptors (Lipinski definition) is 3. The average Bonchev–Trinajstić information content (AvgIpc) is 2.91. The highest BCUT2D eigenvalue weighted by Crippen LogP contribution is 2.30. The summed E-state index contributed by atoms with van der Waals surface area (Å²) in [6.45, 7) is 1.65. The van der Waals surface area contributed by atoms with Crippen molar-refractivity contribution in [3.8, 4) is 0 Å². The van der Waals surface area contributed by atoms with Crippen molar-refractivity contribution in [3.63, 3.8) is 0 Å². The highest BCUT2D eigenvalue weighted by atomic mass is 32.2. The summed E-state index contributed by atoms with van der Waals surface area (Å²) < 4.78 is 39.2. The Balaban J connectivity index is 1.80. The fraction of sp³-hybridized carbons (Fsp3) is 0.174. The van der Waals surface area contributed by atoms with Gasteiger partial charge in [-0.2, -0.15) is 0 Å². The summed E-state index contributed by atoms with van der Waals surface area (Å²) in [4.78, 5) is 11.6. The highest BCUT2D eigenvalue weighted by Gasteiger charge is 2.17. The number of benzene rings is 3. The Labute approximate surface area is 173 Å². The fourth-order valence-electron chi connectivity index (χ4n) is 3.90. The largest absolute Gasteiger partial charge is 0.480 e. The summed E-state index contributed by atoms with van der Waals surface area (Å²) in [7, 11) is -3.28.